The molecule has 0 aliphatic carbocycles. The van der Waals surface area contributed by atoms with Gasteiger partial charge in [-0.25, -0.2) is 10.4 Å². The van der Waals surface area contributed by atoms with Crippen molar-refractivity contribution in [2.45, 2.75) is 25.3 Å². The molecule has 20 heavy (non-hydrogen) atoms. The smallest absolute Gasteiger partial charge is 0.0593 e. The van der Waals surface area contributed by atoms with Crippen LogP contribution in [0.25, 0.3) is 10.8 Å². The van der Waals surface area contributed by atoms with Crippen molar-refractivity contribution in [2.75, 3.05) is 19.6 Å². The van der Waals surface area contributed by atoms with E-state index < -0.39 is 0 Å². The van der Waals surface area contributed by atoms with Gasteiger partial charge in [-0.1, -0.05) is 48.9 Å². The minimum atomic E-state index is 0.194. The first kappa shape index (κ1) is 13.6. The molecule has 1 unspecified atom stereocenters. The molecule has 0 saturated carbocycles. The predicted molar refractivity (Wildman–Crippen MR) is 84.3 cm³/mol. The van der Waals surface area contributed by atoms with Gasteiger partial charge in [0.05, 0.1) is 6.04 Å². The Hall–Kier alpha value is -1.42. The molecular weight excluding hydrogens is 246 g/mol. The van der Waals surface area contributed by atoms with Crippen molar-refractivity contribution in [3.63, 3.8) is 0 Å². The van der Waals surface area contributed by atoms with Crippen LogP contribution < -0.4 is 11.2 Å². The molecule has 0 aromatic heterocycles. The van der Waals surface area contributed by atoms with E-state index >= 15 is 0 Å². The molecule has 1 aliphatic heterocycles. The van der Waals surface area contributed by atoms with Gasteiger partial charge in [-0.2, -0.15) is 0 Å². The number of nitrogens with two attached hydrogens (primary N) is 1. The van der Waals surface area contributed by atoms with Crippen LogP contribution >= 0.6 is 0 Å². The molecule has 3 N–H and O–H groups in total. The third-order valence-corrected chi connectivity index (χ3v) is 4.13. The second-order valence-electron chi connectivity index (χ2n) is 5.53. The molecule has 2 aromatic carbocycles. The van der Waals surface area contributed by atoms with Crippen LogP contribution in [0.2, 0.25) is 0 Å². The highest BCUT2D eigenvalue weighted by Gasteiger charge is 2.17. The lowest BCUT2D eigenvalue weighted by atomic mass is 9.99. The van der Waals surface area contributed by atoms with Crippen LogP contribution in [0.1, 0.15) is 30.9 Å². The van der Waals surface area contributed by atoms with Gasteiger partial charge in [0.25, 0.3) is 0 Å². The van der Waals surface area contributed by atoms with Gasteiger partial charge >= 0.3 is 0 Å². The van der Waals surface area contributed by atoms with Crippen molar-refractivity contribution in [1.82, 2.24) is 10.4 Å². The number of fused-ring (bicyclic) bond motifs is 1. The molecule has 0 spiro atoms. The molecule has 3 nitrogen and oxygen atoms in total. The summed E-state index contributed by atoms with van der Waals surface area (Å²) in [5.74, 6) is 0. The van der Waals surface area contributed by atoms with E-state index in [9.17, 15) is 0 Å². The van der Waals surface area contributed by atoms with Crippen molar-refractivity contribution >= 4 is 10.8 Å². The van der Waals surface area contributed by atoms with Gasteiger partial charge < -0.3 is 5.73 Å². The van der Waals surface area contributed by atoms with Crippen LogP contribution in [0.5, 0.6) is 0 Å². The Balaban J connectivity index is 1.86. The molecule has 2 aromatic rings. The monoisotopic (exact) mass is 269 g/mol. The van der Waals surface area contributed by atoms with Crippen LogP contribution in [0.4, 0.5) is 0 Å². The van der Waals surface area contributed by atoms with Crippen molar-refractivity contribution < 1.29 is 0 Å². The van der Waals surface area contributed by atoms with Crippen LogP contribution in [0.3, 0.4) is 0 Å². The van der Waals surface area contributed by atoms with Crippen LogP contribution in [-0.2, 0) is 0 Å². The van der Waals surface area contributed by atoms with E-state index in [2.05, 4.69) is 52.9 Å². The van der Waals surface area contributed by atoms with Crippen molar-refractivity contribution in [2.24, 2.45) is 5.73 Å². The lowest BCUT2D eigenvalue weighted by molar-refractivity contribution is 0.130. The van der Waals surface area contributed by atoms with Crippen molar-refractivity contribution in [3.05, 3.63) is 48.0 Å². The fourth-order valence-corrected chi connectivity index (χ4v) is 3.05. The number of hydrogen-bond acceptors (Lipinski definition) is 3. The minimum Gasteiger partial charge on any atom is -0.329 e. The first-order valence-electron chi connectivity index (χ1n) is 7.57. The quantitative estimate of drug-likeness (QED) is 0.897. The maximum atomic E-state index is 6.02. The largest absolute Gasteiger partial charge is 0.329 e. The molecule has 0 radical (unpaired) electrons. The highest BCUT2D eigenvalue weighted by molar-refractivity contribution is 5.86. The fourth-order valence-electron chi connectivity index (χ4n) is 3.05. The summed E-state index contributed by atoms with van der Waals surface area (Å²) in [7, 11) is 0. The number of hydrogen-bond donors (Lipinski definition) is 2. The Morgan fingerprint density at radius 1 is 1.00 bits per heavy atom. The summed E-state index contributed by atoms with van der Waals surface area (Å²) in [5.41, 5.74) is 10.9. The summed E-state index contributed by atoms with van der Waals surface area (Å²) < 4.78 is 0. The minimum absolute atomic E-state index is 0.194. The first-order chi connectivity index (χ1) is 9.88. The van der Waals surface area contributed by atoms with Gasteiger partial charge in [0.1, 0.15) is 0 Å². The number of piperidine rings is 1. The summed E-state index contributed by atoms with van der Waals surface area (Å²) in [6.45, 7) is 2.87. The van der Waals surface area contributed by atoms with E-state index in [1.807, 2.05) is 0 Å². The summed E-state index contributed by atoms with van der Waals surface area (Å²) in [4.78, 5) is 0. The Morgan fingerprint density at radius 2 is 1.75 bits per heavy atom. The SMILES string of the molecule is NCC(NN1CCCCC1)c1cccc2ccccc12. The third kappa shape index (κ3) is 2.85. The summed E-state index contributed by atoms with van der Waals surface area (Å²) in [5, 5.41) is 4.92. The Labute approximate surface area is 120 Å². The van der Waals surface area contributed by atoms with E-state index in [1.54, 1.807) is 0 Å². The third-order valence-electron chi connectivity index (χ3n) is 4.13. The molecular formula is C17H23N3. The number of nitrogens with zero attached hydrogens (tertiary/aromatic N) is 1. The molecule has 0 bridgehead atoms. The maximum absolute atomic E-state index is 6.02. The van der Waals surface area contributed by atoms with Crippen molar-refractivity contribution in [1.29, 1.82) is 0 Å². The number of rotatable bonds is 4. The first-order valence-corrected chi connectivity index (χ1v) is 7.57. The van der Waals surface area contributed by atoms with Gasteiger partial charge in [-0.3, -0.25) is 0 Å². The Morgan fingerprint density at radius 3 is 2.55 bits per heavy atom. The summed E-state index contributed by atoms with van der Waals surface area (Å²) >= 11 is 0. The van der Waals surface area contributed by atoms with Gasteiger partial charge in [-0.05, 0) is 29.2 Å². The van der Waals surface area contributed by atoms with E-state index in [4.69, 9.17) is 5.73 Å². The van der Waals surface area contributed by atoms with Crippen LogP contribution in [0, 0.1) is 0 Å². The molecule has 1 fully saturated rings. The Kier molecular flexibility index (Phi) is 4.31. The molecule has 1 heterocycles. The molecule has 1 aliphatic rings. The van der Waals surface area contributed by atoms with Gasteiger partial charge in [0, 0.05) is 19.6 Å². The second kappa shape index (κ2) is 6.35. The van der Waals surface area contributed by atoms with E-state index in [-0.39, 0.29) is 6.04 Å². The summed E-state index contributed by atoms with van der Waals surface area (Å²) in [6, 6.07) is 15.2. The summed E-state index contributed by atoms with van der Waals surface area (Å²) in [6.07, 6.45) is 3.90. The second-order valence-corrected chi connectivity index (χ2v) is 5.53. The lowest BCUT2D eigenvalue weighted by Crippen LogP contribution is -2.45. The zero-order chi connectivity index (χ0) is 13.8. The molecule has 3 rings (SSSR count). The number of nitrogens with one attached hydrogen (secondary N) is 1. The maximum Gasteiger partial charge on any atom is 0.0593 e. The molecule has 106 valence electrons. The number of benzene rings is 2. The van der Waals surface area contributed by atoms with E-state index in [0.29, 0.717) is 6.54 Å². The average Bonchev–Trinajstić information content (AvgIpc) is 2.53. The average molecular weight is 269 g/mol. The van der Waals surface area contributed by atoms with Crippen LogP contribution in [0.15, 0.2) is 42.5 Å². The van der Waals surface area contributed by atoms with Gasteiger partial charge in [-0.15, -0.1) is 0 Å². The zero-order valence-corrected chi connectivity index (χ0v) is 11.9. The van der Waals surface area contributed by atoms with Gasteiger partial charge in [0.2, 0.25) is 0 Å². The molecule has 1 atom stereocenters. The fraction of sp³-hybridized carbons (Fsp3) is 0.412. The highest BCUT2D eigenvalue weighted by Crippen LogP contribution is 2.24. The number of hydrazine groups is 1. The highest BCUT2D eigenvalue weighted by atomic mass is 15.5. The van der Waals surface area contributed by atoms with Crippen LogP contribution in [-0.4, -0.2) is 24.6 Å². The standard InChI is InChI=1S/C17H23N3/c18-13-17(19-20-11-4-1-5-12-20)16-10-6-8-14-7-2-3-9-15(14)16/h2-3,6-10,17,19H,1,4-5,11-13,18H2. The lowest BCUT2D eigenvalue weighted by Gasteiger charge is -2.32. The molecule has 3 heteroatoms. The topological polar surface area (TPSA) is 41.3 Å². The van der Waals surface area contributed by atoms with E-state index in [0.717, 1.165) is 13.1 Å². The Bertz CT molecular complexity index is 556. The predicted octanol–water partition coefficient (Wildman–Crippen LogP) is 2.83. The van der Waals surface area contributed by atoms with Gasteiger partial charge in [0.15, 0.2) is 0 Å². The normalized spacial score (nSPS) is 18.2. The molecule has 0 amide bonds. The zero-order valence-electron chi connectivity index (χ0n) is 11.9. The van der Waals surface area contributed by atoms with Crippen molar-refractivity contribution in [3.8, 4) is 0 Å². The van der Waals surface area contributed by atoms with E-state index in [1.165, 1.54) is 35.6 Å². The molecule has 1 saturated heterocycles.